The summed E-state index contributed by atoms with van der Waals surface area (Å²) in [5.74, 6) is 0. The number of pyridine rings is 1. The molecule has 0 fully saturated rings. The third-order valence-corrected chi connectivity index (χ3v) is 2.64. The molecule has 2 aromatic rings. The molecule has 0 saturated carbocycles. The SMILES string of the molecule is Cc1cc2cc(Cl)cnc2s1. The summed E-state index contributed by atoms with van der Waals surface area (Å²) >= 11 is 7.46. The van der Waals surface area contributed by atoms with Crippen LogP contribution >= 0.6 is 22.9 Å². The van der Waals surface area contributed by atoms with Crippen LogP contribution in [0.5, 0.6) is 0 Å². The van der Waals surface area contributed by atoms with Crippen molar-refractivity contribution in [2.24, 2.45) is 0 Å². The predicted octanol–water partition coefficient (Wildman–Crippen LogP) is 3.26. The van der Waals surface area contributed by atoms with Gasteiger partial charge in [-0.15, -0.1) is 11.3 Å². The van der Waals surface area contributed by atoms with Gasteiger partial charge >= 0.3 is 0 Å². The number of rotatable bonds is 0. The zero-order chi connectivity index (χ0) is 7.84. The minimum atomic E-state index is 0.704. The van der Waals surface area contributed by atoms with E-state index in [-0.39, 0.29) is 0 Å². The van der Waals surface area contributed by atoms with Gasteiger partial charge in [0.2, 0.25) is 0 Å². The summed E-state index contributed by atoms with van der Waals surface area (Å²) < 4.78 is 0. The average Bonchev–Trinajstić information content (AvgIpc) is 2.27. The Hall–Kier alpha value is -0.600. The maximum absolute atomic E-state index is 5.77. The van der Waals surface area contributed by atoms with Gasteiger partial charge in [0.1, 0.15) is 4.83 Å². The van der Waals surface area contributed by atoms with Crippen molar-refractivity contribution >= 4 is 33.2 Å². The van der Waals surface area contributed by atoms with E-state index in [9.17, 15) is 0 Å². The molecular formula is C8H6ClNS. The number of nitrogens with zero attached hydrogens (tertiary/aromatic N) is 1. The second-order valence-electron chi connectivity index (χ2n) is 2.40. The van der Waals surface area contributed by atoms with Gasteiger partial charge in [-0.25, -0.2) is 4.98 Å². The summed E-state index contributed by atoms with van der Waals surface area (Å²) in [6, 6.07) is 4.03. The van der Waals surface area contributed by atoms with Crippen molar-refractivity contribution in [2.75, 3.05) is 0 Å². The lowest BCUT2D eigenvalue weighted by Gasteiger charge is -1.87. The topological polar surface area (TPSA) is 12.9 Å². The van der Waals surface area contributed by atoms with Crippen molar-refractivity contribution in [2.45, 2.75) is 6.92 Å². The van der Waals surface area contributed by atoms with Crippen molar-refractivity contribution in [3.8, 4) is 0 Å². The summed E-state index contributed by atoms with van der Waals surface area (Å²) in [5, 5.41) is 1.84. The van der Waals surface area contributed by atoms with Crippen molar-refractivity contribution < 1.29 is 0 Å². The highest BCUT2D eigenvalue weighted by molar-refractivity contribution is 7.18. The maximum atomic E-state index is 5.77. The third-order valence-electron chi connectivity index (χ3n) is 1.46. The molecule has 0 atom stereocenters. The highest BCUT2D eigenvalue weighted by atomic mass is 35.5. The van der Waals surface area contributed by atoms with Crippen molar-refractivity contribution in [3.63, 3.8) is 0 Å². The Balaban J connectivity index is 2.82. The quantitative estimate of drug-likeness (QED) is 0.611. The second-order valence-corrected chi connectivity index (χ2v) is 4.08. The zero-order valence-electron chi connectivity index (χ0n) is 5.97. The summed E-state index contributed by atoms with van der Waals surface area (Å²) in [5.41, 5.74) is 0. The zero-order valence-corrected chi connectivity index (χ0v) is 7.54. The first-order chi connectivity index (χ1) is 5.25. The van der Waals surface area contributed by atoms with Gasteiger partial charge in [0.15, 0.2) is 0 Å². The number of hydrogen-bond acceptors (Lipinski definition) is 2. The standard InChI is InChI=1S/C8H6ClNS/c1-5-2-6-3-7(9)4-10-8(6)11-5/h2-4H,1H3. The van der Waals surface area contributed by atoms with Gasteiger partial charge in [-0.3, -0.25) is 0 Å². The second kappa shape index (κ2) is 2.47. The van der Waals surface area contributed by atoms with E-state index in [1.807, 2.05) is 6.07 Å². The first-order valence-electron chi connectivity index (χ1n) is 3.27. The Bertz CT molecular complexity index is 394. The van der Waals surface area contributed by atoms with Crippen LogP contribution in [-0.4, -0.2) is 4.98 Å². The summed E-state index contributed by atoms with van der Waals surface area (Å²) in [6.07, 6.45) is 1.68. The monoisotopic (exact) mass is 183 g/mol. The van der Waals surface area contributed by atoms with Crippen LogP contribution in [0.2, 0.25) is 5.02 Å². The van der Waals surface area contributed by atoms with Gasteiger partial charge in [0.05, 0.1) is 5.02 Å². The minimum absolute atomic E-state index is 0.704. The van der Waals surface area contributed by atoms with Gasteiger partial charge in [0, 0.05) is 16.5 Å². The van der Waals surface area contributed by atoms with E-state index < -0.39 is 0 Å². The fourth-order valence-electron chi connectivity index (χ4n) is 1.03. The molecule has 0 radical (unpaired) electrons. The molecular weight excluding hydrogens is 178 g/mol. The molecule has 56 valence electrons. The molecule has 0 N–H and O–H groups in total. The largest absolute Gasteiger partial charge is 0.244 e. The van der Waals surface area contributed by atoms with E-state index in [0.29, 0.717) is 5.02 Å². The van der Waals surface area contributed by atoms with Crippen LogP contribution in [-0.2, 0) is 0 Å². The lowest BCUT2D eigenvalue weighted by molar-refractivity contribution is 1.45. The Kier molecular flexibility index (Phi) is 1.59. The molecule has 11 heavy (non-hydrogen) atoms. The molecule has 0 aromatic carbocycles. The molecule has 0 spiro atoms. The van der Waals surface area contributed by atoms with Crippen LogP contribution in [0.1, 0.15) is 4.88 Å². The number of hydrogen-bond donors (Lipinski definition) is 0. The summed E-state index contributed by atoms with van der Waals surface area (Å²) in [4.78, 5) is 6.52. The number of thiophene rings is 1. The van der Waals surface area contributed by atoms with Gasteiger partial charge < -0.3 is 0 Å². The van der Waals surface area contributed by atoms with Gasteiger partial charge in [-0.05, 0) is 19.1 Å². The molecule has 0 aliphatic heterocycles. The Morgan fingerprint density at radius 2 is 2.27 bits per heavy atom. The molecule has 1 nitrogen and oxygen atoms in total. The highest BCUT2D eigenvalue weighted by Crippen LogP contribution is 2.24. The van der Waals surface area contributed by atoms with E-state index in [1.54, 1.807) is 17.5 Å². The van der Waals surface area contributed by atoms with Gasteiger partial charge in [0.25, 0.3) is 0 Å². The third kappa shape index (κ3) is 1.24. The van der Waals surface area contributed by atoms with Crippen LogP contribution < -0.4 is 0 Å². The van der Waals surface area contributed by atoms with E-state index >= 15 is 0 Å². The number of aromatic nitrogens is 1. The molecule has 0 unspecified atom stereocenters. The fraction of sp³-hybridized carbons (Fsp3) is 0.125. The molecule has 0 aliphatic carbocycles. The highest BCUT2D eigenvalue weighted by Gasteiger charge is 1.98. The summed E-state index contributed by atoms with van der Waals surface area (Å²) in [7, 11) is 0. The molecule has 2 rings (SSSR count). The first kappa shape index (κ1) is 7.07. The normalized spacial score (nSPS) is 10.7. The number of fused-ring (bicyclic) bond motifs is 1. The summed E-state index contributed by atoms with van der Waals surface area (Å²) in [6.45, 7) is 2.07. The van der Waals surface area contributed by atoms with Crippen LogP contribution in [0.3, 0.4) is 0 Å². The lowest BCUT2D eigenvalue weighted by atomic mass is 10.3. The molecule has 2 aromatic heterocycles. The Labute approximate surface area is 73.6 Å². The average molecular weight is 184 g/mol. The molecule has 2 heterocycles. The maximum Gasteiger partial charge on any atom is 0.123 e. The first-order valence-corrected chi connectivity index (χ1v) is 4.47. The predicted molar refractivity (Wildman–Crippen MR) is 49.4 cm³/mol. The van der Waals surface area contributed by atoms with E-state index in [2.05, 4.69) is 18.0 Å². The number of halogens is 1. The number of aryl methyl sites for hydroxylation is 1. The molecule has 0 aliphatic rings. The fourth-order valence-corrected chi connectivity index (χ4v) is 2.03. The minimum Gasteiger partial charge on any atom is -0.244 e. The van der Waals surface area contributed by atoms with Crippen LogP contribution in [0, 0.1) is 6.92 Å². The molecule has 3 heteroatoms. The smallest absolute Gasteiger partial charge is 0.123 e. The van der Waals surface area contributed by atoms with E-state index in [1.165, 1.54) is 4.88 Å². The Morgan fingerprint density at radius 1 is 1.45 bits per heavy atom. The van der Waals surface area contributed by atoms with E-state index in [4.69, 9.17) is 11.6 Å². The van der Waals surface area contributed by atoms with Crippen molar-refractivity contribution in [1.82, 2.24) is 4.98 Å². The van der Waals surface area contributed by atoms with Gasteiger partial charge in [-0.2, -0.15) is 0 Å². The van der Waals surface area contributed by atoms with Crippen LogP contribution in [0.15, 0.2) is 18.3 Å². The van der Waals surface area contributed by atoms with Crippen molar-refractivity contribution in [3.05, 3.63) is 28.2 Å². The van der Waals surface area contributed by atoms with Crippen molar-refractivity contribution in [1.29, 1.82) is 0 Å². The van der Waals surface area contributed by atoms with E-state index in [0.717, 1.165) is 10.2 Å². The van der Waals surface area contributed by atoms with Crippen LogP contribution in [0.25, 0.3) is 10.2 Å². The van der Waals surface area contributed by atoms with Crippen LogP contribution in [0.4, 0.5) is 0 Å². The Morgan fingerprint density at radius 3 is 3.09 bits per heavy atom. The molecule has 0 saturated heterocycles. The lowest BCUT2D eigenvalue weighted by Crippen LogP contribution is -1.69. The van der Waals surface area contributed by atoms with Gasteiger partial charge in [-0.1, -0.05) is 11.6 Å². The molecule has 0 bridgehead atoms. The molecule has 0 amide bonds.